The lowest BCUT2D eigenvalue weighted by Crippen LogP contribution is -2.31. The van der Waals surface area contributed by atoms with Crippen molar-refractivity contribution in [3.05, 3.63) is 84.1 Å². The van der Waals surface area contributed by atoms with E-state index in [0.29, 0.717) is 23.3 Å². The molecule has 1 saturated heterocycles. The number of sulfonamides is 1. The van der Waals surface area contributed by atoms with E-state index in [2.05, 4.69) is 9.88 Å². The number of nitrogens with zero attached hydrogens (tertiary/aromatic N) is 4. The minimum Gasteiger partial charge on any atom is -0.364 e. The molecule has 40 heavy (non-hydrogen) atoms. The summed E-state index contributed by atoms with van der Waals surface area (Å²) in [4.78, 5) is 17.0. The van der Waals surface area contributed by atoms with Crippen molar-refractivity contribution in [2.24, 2.45) is 5.73 Å². The molecule has 1 aliphatic heterocycles. The van der Waals surface area contributed by atoms with Crippen molar-refractivity contribution in [2.75, 3.05) is 24.9 Å². The standard InChI is InChI=1S/C27H25F3N6O3S/c1-35-11-8-18(9-12-35)36-15-20(16-7-10-32-23(13-16)27(31)37)26(33-36)19-3-2-4-22(25(19)30)34-40(38,39)24-14-17(28)5-6-21(24)29/h2-7,10,13-15,18,34H,8-9,11-12H2,1H3,(H2,31,37). The van der Waals surface area contributed by atoms with Crippen LogP contribution in [-0.2, 0) is 10.0 Å². The second-order valence-corrected chi connectivity index (χ2v) is 11.2. The number of aromatic nitrogens is 3. The Labute approximate surface area is 228 Å². The summed E-state index contributed by atoms with van der Waals surface area (Å²) < 4.78 is 73.3. The van der Waals surface area contributed by atoms with Gasteiger partial charge in [0.25, 0.3) is 15.9 Å². The Bertz CT molecular complexity index is 1700. The monoisotopic (exact) mass is 570 g/mol. The van der Waals surface area contributed by atoms with Crippen molar-refractivity contribution in [1.29, 1.82) is 0 Å². The molecule has 0 unspecified atom stereocenters. The predicted molar refractivity (Wildman–Crippen MR) is 142 cm³/mol. The number of rotatable bonds is 7. The van der Waals surface area contributed by atoms with Crippen molar-refractivity contribution in [3.63, 3.8) is 0 Å². The molecule has 0 bridgehead atoms. The Morgan fingerprint density at radius 3 is 2.52 bits per heavy atom. The second-order valence-electron chi connectivity index (χ2n) is 9.55. The number of likely N-dealkylation sites (tertiary alicyclic amines) is 1. The molecular weight excluding hydrogens is 545 g/mol. The summed E-state index contributed by atoms with van der Waals surface area (Å²) in [5.74, 6) is -3.86. The van der Waals surface area contributed by atoms with Gasteiger partial charge in [0.05, 0.1) is 11.7 Å². The molecule has 9 nitrogen and oxygen atoms in total. The van der Waals surface area contributed by atoms with Gasteiger partial charge in [0.1, 0.15) is 27.9 Å². The zero-order chi connectivity index (χ0) is 28.6. The van der Waals surface area contributed by atoms with E-state index in [1.165, 1.54) is 30.5 Å². The molecule has 3 heterocycles. The van der Waals surface area contributed by atoms with Crippen LogP contribution in [0.2, 0.25) is 0 Å². The minimum atomic E-state index is -4.68. The van der Waals surface area contributed by atoms with Crippen LogP contribution in [0.5, 0.6) is 0 Å². The Kier molecular flexibility index (Phi) is 7.34. The van der Waals surface area contributed by atoms with Crippen molar-refractivity contribution in [1.82, 2.24) is 19.7 Å². The number of anilines is 1. The first-order valence-electron chi connectivity index (χ1n) is 12.3. The molecule has 1 fully saturated rings. The lowest BCUT2D eigenvalue weighted by atomic mass is 10.0. The average Bonchev–Trinajstić information content (AvgIpc) is 3.37. The highest BCUT2D eigenvalue weighted by Gasteiger charge is 2.26. The van der Waals surface area contributed by atoms with Crippen LogP contribution in [0.15, 0.2) is 65.8 Å². The highest BCUT2D eigenvalue weighted by atomic mass is 32.2. The molecule has 0 spiro atoms. The van der Waals surface area contributed by atoms with Gasteiger partial charge in [-0.25, -0.2) is 21.6 Å². The Morgan fingerprint density at radius 1 is 1.05 bits per heavy atom. The summed E-state index contributed by atoms with van der Waals surface area (Å²) in [6.07, 6.45) is 4.77. The lowest BCUT2D eigenvalue weighted by molar-refractivity contribution is 0.0995. The Balaban J connectivity index is 1.60. The smallest absolute Gasteiger partial charge is 0.267 e. The van der Waals surface area contributed by atoms with E-state index in [-0.39, 0.29) is 23.0 Å². The summed E-state index contributed by atoms with van der Waals surface area (Å²) in [5, 5.41) is 4.70. The number of primary amides is 1. The van der Waals surface area contributed by atoms with Crippen LogP contribution in [0.1, 0.15) is 29.4 Å². The number of nitrogens with two attached hydrogens (primary N) is 1. The number of hydrogen-bond acceptors (Lipinski definition) is 6. The van der Waals surface area contributed by atoms with E-state index in [0.717, 1.165) is 32.0 Å². The first kappa shape index (κ1) is 27.3. The Morgan fingerprint density at radius 2 is 1.80 bits per heavy atom. The number of piperidine rings is 1. The lowest BCUT2D eigenvalue weighted by Gasteiger charge is -2.29. The van der Waals surface area contributed by atoms with E-state index >= 15 is 4.39 Å². The minimum absolute atomic E-state index is 0.00888. The zero-order valence-corrected chi connectivity index (χ0v) is 22.1. The molecule has 2 aromatic carbocycles. The molecule has 208 valence electrons. The van der Waals surface area contributed by atoms with Crippen molar-refractivity contribution in [3.8, 4) is 22.4 Å². The number of hydrogen-bond donors (Lipinski definition) is 2. The molecule has 5 rings (SSSR count). The average molecular weight is 571 g/mol. The number of benzene rings is 2. The molecule has 0 aliphatic carbocycles. The summed E-state index contributed by atoms with van der Waals surface area (Å²) in [6, 6.07) is 9.10. The maximum absolute atomic E-state index is 16.0. The van der Waals surface area contributed by atoms with Gasteiger partial charge in [0, 0.05) is 23.5 Å². The van der Waals surface area contributed by atoms with Crippen LogP contribution in [0.25, 0.3) is 22.4 Å². The van der Waals surface area contributed by atoms with Gasteiger partial charge in [-0.3, -0.25) is 19.2 Å². The van der Waals surface area contributed by atoms with Crippen LogP contribution in [0.4, 0.5) is 18.9 Å². The third kappa shape index (κ3) is 5.42. The molecule has 3 N–H and O–H groups in total. The molecule has 0 atom stereocenters. The van der Waals surface area contributed by atoms with E-state index < -0.39 is 44.0 Å². The fraction of sp³-hybridized carbons (Fsp3) is 0.222. The fourth-order valence-corrected chi connectivity index (χ4v) is 5.81. The predicted octanol–water partition coefficient (Wildman–Crippen LogP) is 4.20. The summed E-state index contributed by atoms with van der Waals surface area (Å²) in [7, 11) is -2.65. The van der Waals surface area contributed by atoms with Crippen molar-refractivity contribution in [2.45, 2.75) is 23.8 Å². The number of halogens is 3. The van der Waals surface area contributed by atoms with Crippen LogP contribution < -0.4 is 10.5 Å². The number of pyridine rings is 1. The van der Waals surface area contributed by atoms with Gasteiger partial charge in [0.15, 0.2) is 5.82 Å². The normalized spacial score (nSPS) is 14.8. The third-order valence-corrected chi connectivity index (χ3v) is 8.18. The fourth-order valence-electron chi connectivity index (χ4n) is 4.66. The number of carbonyl (C=O) groups is 1. The molecule has 0 saturated carbocycles. The second kappa shape index (κ2) is 10.7. The van der Waals surface area contributed by atoms with Gasteiger partial charge in [-0.1, -0.05) is 6.07 Å². The molecular formula is C27H25F3N6O3S. The Hall–Kier alpha value is -4.23. The molecule has 0 radical (unpaired) electrons. The SMILES string of the molecule is CN1CCC(n2cc(-c3ccnc(C(N)=O)c3)c(-c3cccc(NS(=O)(=O)c4cc(F)ccc4F)c3F)n2)CC1. The third-order valence-electron chi connectivity index (χ3n) is 6.80. The van der Waals surface area contributed by atoms with Crippen LogP contribution in [-0.4, -0.2) is 54.1 Å². The topological polar surface area (TPSA) is 123 Å². The number of carbonyl (C=O) groups excluding carboxylic acids is 1. The molecule has 2 aromatic heterocycles. The quantitative estimate of drug-likeness (QED) is 0.344. The van der Waals surface area contributed by atoms with E-state index in [9.17, 15) is 22.0 Å². The van der Waals surface area contributed by atoms with E-state index in [1.807, 2.05) is 11.8 Å². The highest BCUT2D eigenvalue weighted by Crippen LogP contribution is 2.37. The van der Waals surface area contributed by atoms with Crippen molar-refractivity contribution >= 4 is 21.6 Å². The van der Waals surface area contributed by atoms with Crippen LogP contribution in [0.3, 0.4) is 0 Å². The van der Waals surface area contributed by atoms with Crippen LogP contribution >= 0.6 is 0 Å². The van der Waals surface area contributed by atoms with Gasteiger partial charge < -0.3 is 10.6 Å². The maximum atomic E-state index is 16.0. The first-order valence-corrected chi connectivity index (χ1v) is 13.8. The zero-order valence-electron chi connectivity index (χ0n) is 21.3. The maximum Gasteiger partial charge on any atom is 0.267 e. The van der Waals surface area contributed by atoms with Gasteiger partial charge in [0.2, 0.25) is 0 Å². The molecule has 1 aliphatic rings. The van der Waals surface area contributed by atoms with E-state index in [1.54, 1.807) is 16.9 Å². The van der Waals surface area contributed by atoms with E-state index in [4.69, 9.17) is 10.8 Å². The van der Waals surface area contributed by atoms with Crippen LogP contribution in [0, 0.1) is 17.5 Å². The summed E-state index contributed by atoms with van der Waals surface area (Å²) in [5.41, 5.74) is 6.07. The molecule has 13 heteroatoms. The largest absolute Gasteiger partial charge is 0.364 e. The number of nitrogens with one attached hydrogen (secondary N) is 1. The highest BCUT2D eigenvalue weighted by molar-refractivity contribution is 7.92. The molecule has 4 aromatic rings. The van der Waals surface area contributed by atoms with Gasteiger partial charge in [-0.15, -0.1) is 0 Å². The van der Waals surface area contributed by atoms with Gasteiger partial charge in [-0.05, 0) is 81.0 Å². The van der Waals surface area contributed by atoms with Crippen molar-refractivity contribution < 1.29 is 26.4 Å². The summed E-state index contributed by atoms with van der Waals surface area (Å²) >= 11 is 0. The van der Waals surface area contributed by atoms with Gasteiger partial charge >= 0.3 is 0 Å². The number of amides is 1. The van der Waals surface area contributed by atoms with Gasteiger partial charge in [-0.2, -0.15) is 5.10 Å². The molecule has 1 amide bonds. The first-order chi connectivity index (χ1) is 19.0. The summed E-state index contributed by atoms with van der Waals surface area (Å²) in [6.45, 7) is 1.69.